The molecule has 0 saturated heterocycles. The maximum Gasteiger partial charge on any atom is 0.317 e. The molecule has 0 fully saturated rings. The lowest BCUT2D eigenvalue weighted by Crippen LogP contribution is -2.44. The van der Waals surface area contributed by atoms with Crippen LogP contribution in [0.5, 0.6) is 0 Å². The SMILES string of the molecule is CC(C)(C)CN(CCCO)C(=O)NCc1ccc(C#N)cc1. The van der Waals surface area contributed by atoms with Crippen molar-refractivity contribution in [3.05, 3.63) is 35.4 Å². The second-order valence-electron chi connectivity index (χ2n) is 6.53. The van der Waals surface area contributed by atoms with Crippen molar-refractivity contribution in [2.45, 2.75) is 33.7 Å². The van der Waals surface area contributed by atoms with Crippen LogP contribution in [0.25, 0.3) is 0 Å². The van der Waals surface area contributed by atoms with Gasteiger partial charge in [0, 0.05) is 26.2 Å². The van der Waals surface area contributed by atoms with E-state index in [9.17, 15) is 4.79 Å². The molecule has 0 aliphatic rings. The Morgan fingerprint density at radius 3 is 2.45 bits per heavy atom. The Bertz CT molecular complexity index is 512. The fourth-order valence-electron chi connectivity index (χ4n) is 2.07. The van der Waals surface area contributed by atoms with Crippen LogP contribution in [0, 0.1) is 16.7 Å². The molecule has 1 rings (SSSR count). The molecular formula is C17H25N3O2. The summed E-state index contributed by atoms with van der Waals surface area (Å²) >= 11 is 0. The lowest BCUT2D eigenvalue weighted by Gasteiger charge is -2.30. The monoisotopic (exact) mass is 303 g/mol. The molecule has 1 aromatic carbocycles. The maximum atomic E-state index is 12.3. The highest BCUT2D eigenvalue weighted by atomic mass is 16.3. The molecule has 0 unspecified atom stereocenters. The van der Waals surface area contributed by atoms with Gasteiger partial charge in [-0.2, -0.15) is 5.26 Å². The molecule has 22 heavy (non-hydrogen) atoms. The van der Waals surface area contributed by atoms with Crippen LogP contribution in [-0.4, -0.2) is 35.7 Å². The predicted octanol–water partition coefficient (Wildman–Crippen LogP) is 2.50. The molecule has 0 atom stereocenters. The molecule has 0 radical (unpaired) electrons. The van der Waals surface area contributed by atoms with Gasteiger partial charge in [-0.1, -0.05) is 32.9 Å². The van der Waals surface area contributed by atoms with E-state index in [-0.39, 0.29) is 18.1 Å². The van der Waals surface area contributed by atoms with Crippen molar-refractivity contribution in [3.8, 4) is 6.07 Å². The second kappa shape index (κ2) is 8.40. The number of aliphatic hydroxyl groups excluding tert-OH is 1. The molecule has 2 amide bonds. The Kier molecular flexibility index (Phi) is 6.87. The highest BCUT2D eigenvalue weighted by Gasteiger charge is 2.20. The van der Waals surface area contributed by atoms with E-state index >= 15 is 0 Å². The summed E-state index contributed by atoms with van der Waals surface area (Å²) in [7, 11) is 0. The molecule has 0 aliphatic heterocycles. The van der Waals surface area contributed by atoms with E-state index in [1.54, 1.807) is 17.0 Å². The van der Waals surface area contributed by atoms with E-state index in [0.717, 1.165) is 5.56 Å². The summed E-state index contributed by atoms with van der Waals surface area (Å²) in [4.78, 5) is 14.0. The Morgan fingerprint density at radius 2 is 1.95 bits per heavy atom. The summed E-state index contributed by atoms with van der Waals surface area (Å²) in [6.45, 7) is 7.89. The largest absolute Gasteiger partial charge is 0.396 e. The third-order valence-corrected chi connectivity index (χ3v) is 3.07. The van der Waals surface area contributed by atoms with Gasteiger partial charge in [-0.25, -0.2) is 4.79 Å². The number of hydrogen-bond acceptors (Lipinski definition) is 3. The summed E-state index contributed by atoms with van der Waals surface area (Å²) in [5.74, 6) is 0. The molecule has 5 heteroatoms. The molecule has 0 spiro atoms. The summed E-state index contributed by atoms with van der Waals surface area (Å²) < 4.78 is 0. The number of rotatable bonds is 6. The number of carbonyl (C=O) groups excluding carboxylic acids is 1. The fourth-order valence-corrected chi connectivity index (χ4v) is 2.07. The van der Waals surface area contributed by atoms with Crippen LogP contribution in [0.1, 0.15) is 38.3 Å². The molecule has 0 aliphatic carbocycles. The zero-order chi connectivity index (χ0) is 16.6. The topological polar surface area (TPSA) is 76.4 Å². The lowest BCUT2D eigenvalue weighted by atomic mass is 9.96. The normalized spacial score (nSPS) is 10.9. The lowest BCUT2D eigenvalue weighted by molar-refractivity contribution is 0.164. The zero-order valence-electron chi connectivity index (χ0n) is 13.6. The maximum absolute atomic E-state index is 12.3. The van der Waals surface area contributed by atoms with Gasteiger partial charge >= 0.3 is 6.03 Å². The number of urea groups is 1. The number of nitrogens with one attached hydrogen (secondary N) is 1. The van der Waals surface area contributed by atoms with E-state index < -0.39 is 0 Å². The van der Waals surface area contributed by atoms with E-state index in [1.165, 1.54) is 0 Å². The van der Waals surface area contributed by atoms with Crippen LogP contribution in [0.4, 0.5) is 4.79 Å². The first-order valence-corrected chi connectivity index (χ1v) is 7.48. The molecular weight excluding hydrogens is 278 g/mol. The van der Waals surface area contributed by atoms with Crippen LogP contribution in [-0.2, 0) is 6.54 Å². The summed E-state index contributed by atoms with van der Waals surface area (Å²) in [5, 5.41) is 20.6. The Labute approximate surface area is 132 Å². The van der Waals surface area contributed by atoms with Gasteiger partial charge in [-0.15, -0.1) is 0 Å². The van der Waals surface area contributed by atoms with Gasteiger partial charge in [0.1, 0.15) is 0 Å². The first-order chi connectivity index (χ1) is 10.4. The van der Waals surface area contributed by atoms with Gasteiger partial charge < -0.3 is 15.3 Å². The minimum absolute atomic E-state index is 0.00123. The van der Waals surface area contributed by atoms with Gasteiger partial charge in [0.2, 0.25) is 0 Å². The van der Waals surface area contributed by atoms with Crippen molar-refractivity contribution < 1.29 is 9.90 Å². The Balaban J connectivity index is 2.59. The Morgan fingerprint density at radius 1 is 1.32 bits per heavy atom. The third-order valence-electron chi connectivity index (χ3n) is 3.07. The van der Waals surface area contributed by atoms with E-state index in [1.807, 2.05) is 12.1 Å². The number of nitriles is 1. The number of nitrogens with zero attached hydrogens (tertiary/aromatic N) is 2. The van der Waals surface area contributed by atoms with E-state index in [4.69, 9.17) is 10.4 Å². The second-order valence-corrected chi connectivity index (χ2v) is 6.53. The van der Waals surface area contributed by atoms with Crippen LogP contribution in [0.15, 0.2) is 24.3 Å². The first kappa shape index (κ1) is 18.0. The van der Waals surface area contributed by atoms with Crippen LogP contribution in [0.3, 0.4) is 0 Å². The standard InChI is InChI=1S/C17H25N3O2/c1-17(2,3)13-20(9-4-10-21)16(22)19-12-15-7-5-14(11-18)6-8-15/h5-8,21H,4,9-10,12-13H2,1-3H3,(H,19,22). The van der Waals surface area contributed by atoms with Gasteiger partial charge in [0.05, 0.1) is 11.6 Å². The predicted molar refractivity (Wildman–Crippen MR) is 86.1 cm³/mol. The van der Waals surface area contributed by atoms with Gasteiger partial charge in [0.15, 0.2) is 0 Å². The number of amides is 2. The zero-order valence-corrected chi connectivity index (χ0v) is 13.6. The van der Waals surface area contributed by atoms with Gasteiger partial charge in [-0.3, -0.25) is 0 Å². The molecule has 5 nitrogen and oxygen atoms in total. The van der Waals surface area contributed by atoms with Gasteiger partial charge in [-0.05, 0) is 29.5 Å². The molecule has 0 bridgehead atoms. The fraction of sp³-hybridized carbons (Fsp3) is 0.529. The highest BCUT2D eigenvalue weighted by Crippen LogP contribution is 2.15. The number of carbonyl (C=O) groups is 1. The van der Waals surface area contributed by atoms with E-state index in [2.05, 4.69) is 32.2 Å². The average molecular weight is 303 g/mol. The summed E-state index contributed by atoms with van der Waals surface area (Å²) in [6.07, 6.45) is 0.570. The summed E-state index contributed by atoms with van der Waals surface area (Å²) in [6, 6.07) is 9.08. The summed E-state index contributed by atoms with van der Waals surface area (Å²) in [5.41, 5.74) is 1.55. The van der Waals surface area contributed by atoms with E-state index in [0.29, 0.717) is 31.6 Å². The number of hydrogen-bond donors (Lipinski definition) is 2. The van der Waals surface area contributed by atoms with Crippen molar-refractivity contribution >= 4 is 6.03 Å². The number of aliphatic hydroxyl groups is 1. The molecule has 0 saturated carbocycles. The van der Waals surface area contributed by atoms with Crippen molar-refractivity contribution in [1.29, 1.82) is 5.26 Å². The minimum atomic E-state index is -0.132. The molecule has 120 valence electrons. The number of benzene rings is 1. The average Bonchev–Trinajstić information content (AvgIpc) is 2.48. The highest BCUT2D eigenvalue weighted by molar-refractivity contribution is 5.74. The minimum Gasteiger partial charge on any atom is -0.396 e. The molecule has 2 N–H and O–H groups in total. The van der Waals surface area contributed by atoms with Gasteiger partial charge in [0.25, 0.3) is 0 Å². The molecule has 0 heterocycles. The quantitative estimate of drug-likeness (QED) is 0.847. The molecule has 0 aromatic heterocycles. The van der Waals surface area contributed by atoms with Crippen molar-refractivity contribution in [1.82, 2.24) is 10.2 Å². The van der Waals surface area contributed by atoms with Crippen molar-refractivity contribution in [2.24, 2.45) is 5.41 Å². The smallest absolute Gasteiger partial charge is 0.317 e. The van der Waals surface area contributed by atoms with Crippen LogP contribution >= 0.6 is 0 Å². The third kappa shape index (κ3) is 6.59. The Hall–Kier alpha value is -2.06. The molecule has 1 aromatic rings. The van der Waals surface area contributed by atoms with Crippen molar-refractivity contribution in [2.75, 3.05) is 19.7 Å². The van der Waals surface area contributed by atoms with Crippen molar-refractivity contribution in [3.63, 3.8) is 0 Å². The van der Waals surface area contributed by atoms with Crippen LogP contribution < -0.4 is 5.32 Å². The first-order valence-electron chi connectivity index (χ1n) is 7.48. The van der Waals surface area contributed by atoms with Crippen LogP contribution in [0.2, 0.25) is 0 Å².